The molecule has 6 nitrogen and oxygen atoms in total. The largest absolute Gasteiger partial charge is 0.492 e. The lowest BCUT2D eigenvalue weighted by atomic mass is 10.1. The lowest BCUT2D eigenvalue weighted by Gasteiger charge is -2.20. The number of amides is 2. The van der Waals surface area contributed by atoms with Crippen LogP contribution in [0.2, 0.25) is 0 Å². The monoisotopic (exact) mass is 375 g/mol. The zero-order valence-electron chi connectivity index (χ0n) is 15.6. The van der Waals surface area contributed by atoms with Crippen molar-refractivity contribution >= 4 is 34.1 Å². The van der Waals surface area contributed by atoms with Crippen LogP contribution in [0.3, 0.4) is 0 Å². The van der Waals surface area contributed by atoms with E-state index in [1.54, 1.807) is 11.1 Å². The van der Waals surface area contributed by atoms with Crippen molar-refractivity contribution < 1.29 is 14.3 Å². The minimum absolute atomic E-state index is 0.0802. The van der Waals surface area contributed by atoms with Crippen molar-refractivity contribution in [2.24, 2.45) is 5.92 Å². The van der Waals surface area contributed by atoms with Crippen molar-refractivity contribution in [2.75, 3.05) is 23.4 Å². The molecule has 2 amide bonds. The lowest BCUT2D eigenvalue weighted by molar-refractivity contribution is -0.122. The number of anilines is 2. The first-order valence-electron chi connectivity index (χ1n) is 9.34. The number of nitrogens with zero attached hydrogens (tertiary/aromatic N) is 2. The Labute approximate surface area is 163 Å². The number of ether oxygens (including phenoxy) is 1. The van der Waals surface area contributed by atoms with Crippen LogP contribution in [0.15, 0.2) is 60.8 Å². The molecule has 1 fully saturated rings. The number of fused-ring (bicyclic) bond motifs is 1. The molecule has 3 aromatic rings. The summed E-state index contributed by atoms with van der Waals surface area (Å²) in [6, 6.07) is 16.9. The van der Waals surface area contributed by atoms with Gasteiger partial charge in [-0.25, -0.2) is 0 Å². The number of nitrogens with one attached hydrogen (secondary N) is 1. The fraction of sp³-hybridized carbons (Fsp3) is 0.227. The van der Waals surface area contributed by atoms with Gasteiger partial charge in [0.2, 0.25) is 11.8 Å². The summed E-state index contributed by atoms with van der Waals surface area (Å²) in [4.78, 5) is 31.4. The van der Waals surface area contributed by atoms with Crippen LogP contribution in [0.5, 0.6) is 5.75 Å². The number of carbonyl (C=O) groups excluding carboxylic acids is 2. The minimum Gasteiger partial charge on any atom is -0.492 e. The van der Waals surface area contributed by atoms with Gasteiger partial charge in [0.05, 0.1) is 29.4 Å². The van der Waals surface area contributed by atoms with Crippen LogP contribution in [0.1, 0.15) is 13.3 Å². The van der Waals surface area contributed by atoms with Crippen LogP contribution in [0, 0.1) is 5.92 Å². The Hall–Kier alpha value is -3.41. The third-order valence-electron chi connectivity index (χ3n) is 4.84. The van der Waals surface area contributed by atoms with Gasteiger partial charge in [-0.05, 0) is 31.2 Å². The van der Waals surface area contributed by atoms with E-state index in [9.17, 15) is 9.59 Å². The predicted molar refractivity (Wildman–Crippen MR) is 108 cm³/mol. The van der Waals surface area contributed by atoms with Gasteiger partial charge >= 0.3 is 0 Å². The molecule has 142 valence electrons. The van der Waals surface area contributed by atoms with E-state index in [1.807, 2.05) is 61.5 Å². The summed E-state index contributed by atoms with van der Waals surface area (Å²) in [5.74, 6) is -0.0370. The summed E-state index contributed by atoms with van der Waals surface area (Å²) in [5.41, 5.74) is 2.10. The lowest BCUT2D eigenvalue weighted by Crippen LogP contribution is -2.28. The third-order valence-corrected chi connectivity index (χ3v) is 4.84. The quantitative estimate of drug-likeness (QED) is 0.739. The molecule has 1 atom stereocenters. The molecule has 0 saturated carbocycles. The van der Waals surface area contributed by atoms with E-state index in [0.29, 0.717) is 30.3 Å². The number of para-hydroxylation sites is 3. The number of aromatic nitrogens is 1. The molecule has 28 heavy (non-hydrogen) atoms. The molecule has 1 aliphatic rings. The van der Waals surface area contributed by atoms with E-state index in [-0.39, 0.29) is 18.2 Å². The number of rotatable bonds is 5. The summed E-state index contributed by atoms with van der Waals surface area (Å²) < 4.78 is 5.63. The van der Waals surface area contributed by atoms with Gasteiger partial charge in [0, 0.05) is 24.5 Å². The number of hydrogen-bond donors (Lipinski definition) is 1. The van der Waals surface area contributed by atoms with E-state index >= 15 is 0 Å². The van der Waals surface area contributed by atoms with Crippen LogP contribution < -0.4 is 15.0 Å². The van der Waals surface area contributed by atoms with Crippen molar-refractivity contribution in [3.05, 3.63) is 60.8 Å². The summed E-state index contributed by atoms with van der Waals surface area (Å²) in [5, 5.41) is 3.90. The van der Waals surface area contributed by atoms with E-state index in [1.165, 1.54) is 0 Å². The zero-order valence-corrected chi connectivity index (χ0v) is 15.6. The Balaban J connectivity index is 1.53. The molecule has 0 radical (unpaired) electrons. The Bertz CT molecular complexity index is 1030. The summed E-state index contributed by atoms with van der Waals surface area (Å²) in [7, 11) is 0. The highest BCUT2D eigenvalue weighted by Gasteiger charge is 2.36. The molecule has 6 heteroatoms. The fourth-order valence-corrected chi connectivity index (χ4v) is 3.51. The number of benzene rings is 2. The first kappa shape index (κ1) is 18.0. The van der Waals surface area contributed by atoms with Gasteiger partial charge < -0.3 is 15.0 Å². The molecule has 1 aromatic heterocycles. The first-order valence-corrected chi connectivity index (χ1v) is 9.34. The number of pyridine rings is 1. The zero-order chi connectivity index (χ0) is 19.5. The standard InChI is InChI=1S/C22H21N3O3/c1-2-28-19-11-4-3-10-18(19)25-14-16(13-20(25)26)22(27)24-17-9-5-7-15-8-6-12-23-21(15)17/h3-12,16H,2,13-14H2,1H3,(H,24,27). The van der Waals surface area contributed by atoms with Crippen molar-refractivity contribution in [1.82, 2.24) is 4.98 Å². The molecule has 2 heterocycles. The van der Waals surface area contributed by atoms with Crippen molar-refractivity contribution in [2.45, 2.75) is 13.3 Å². The van der Waals surface area contributed by atoms with Crippen molar-refractivity contribution in [3.8, 4) is 5.75 Å². The van der Waals surface area contributed by atoms with E-state index in [0.717, 1.165) is 10.9 Å². The molecular formula is C22H21N3O3. The Morgan fingerprint density at radius 3 is 2.86 bits per heavy atom. The van der Waals surface area contributed by atoms with E-state index < -0.39 is 5.92 Å². The molecule has 0 spiro atoms. The maximum absolute atomic E-state index is 12.8. The van der Waals surface area contributed by atoms with Gasteiger partial charge in [0.25, 0.3) is 0 Å². The predicted octanol–water partition coefficient (Wildman–Crippen LogP) is 3.63. The second kappa shape index (κ2) is 7.68. The van der Waals surface area contributed by atoms with Gasteiger partial charge in [-0.2, -0.15) is 0 Å². The highest BCUT2D eigenvalue weighted by Crippen LogP contribution is 2.33. The molecule has 1 unspecified atom stereocenters. The minimum atomic E-state index is -0.429. The van der Waals surface area contributed by atoms with Crippen LogP contribution in [-0.4, -0.2) is 29.9 Å². The maximum atomic E-state index is 12.8. The van der Waals surface area contributed by atoms with Gasteiger partial charge in [0.15, 0.2) is 0 Å². The van der Waals surface area contributed by atoms with Crippen LogP contribution in [0.4, 0.5) is 11.4 Å². The first-order chi connectivity index (χ1) is 13.7. The topological polar surface area (TPSA) is 71.5 Å². The molecule has 0 bridgehead atoms. The summed E-state index contributed by atoms with van der Waals surface area (Å²) in [6.07, 6.45) is 1.87. The maximum Gasteiger partial charge on any atom is 0.229 e. The molecule has 2 aromatic carbocycles. The second-order valence-electron chi connectivity index (χ2n) is 6.68. The highest BCUT2D eigenvalue weighted by molar-refractivity contribution is 6.06. The van der Waals surface area contributed by atoms with Gasteiger partial charge in [-0.3, -0.25) is 14.6 Å². The Morgan fingerprint density at radius 1 is 1.18 bits per heavy atom. The Kier molecular flexibility index (Phi) is 4.93. The van der Waals surface area contributed by atoms with Crippen LogP contribution in [0.25, 0.3) is 10.9 Å². The van der Waals surface area contributed by atoms with Crippen LogP contribution >= 0.6 is 0 Å². The fourth-order valence-electron chi connectivity index (χ4n) is 3.51. The second-order valence-corrected chi connectivity index (χ2v) is 6.68. The summed E-state index contributed by atoms with van der Waals surface area (Å²) >= 11 is 0. The van der Waals surface area contributed by atoms with Crippen molar-refractivity contribution in [1.29, 1.82) is 0 Å². The highest BCUT2D eigenvalue weighted by atomic mass is 16.5. The van der Waals surface area contributed by atoms with Crippen LogP contribution in [-0.2, 0) is 9.59 Å². The van der Waals surface area contributed by atoms with E-state index in [4.69, 9.17) is 4.74 Å². The molecular weight excluding hydrogens is 354 g/mol. The average Bonchev–Trinajstić information content (AvgIpc) is 3.11. The van der Waals surface area contributed by atoms with Gasteiger partial charge in [-0.1, -0.05) is 30.3 Å². The molecule has 4 rings (SSSR count). The van der Waals surface area contributed by atoms with E-state index in [2.05, 4.69) is 10.3 Å². The summed E-state index contributed by atoms with van der Waals surface area (Å²) in [6.45, 7) is 2.74. The Morgan fingerprint density at radius 2 is 2.00 bits per heavy atom. The normalized spacial score (nSPS) is 16.4. The molecule has 1 N–H and O–H groups in total. The van der Waals surface area contributed by atoms with Crippen molar-refractivity contribution in [3.63, 3.8) is 0 Å². The van der Waals surface area contributed by atoms with Gasteiger partial charge in [-0.15, -0.1) is 0 Å². The third kappa shape index (κ3) is 3.41. The number of hydrogen-bond acceptors (Lipinski definition) is 4. The SMILES string of the molecule is CCOc1ccccc1N1CC(C(=O)Nc2cccc3cccnc23)CC1=O. The van der Waals surface area contributed by atoms with Gasteiger partial charge in [0.1, 0.15) is 5.75 Å². The smallest absolute Gasteiger partial charge is 0.229 e. The molecule has 1 saturated heterocycles. The number of carbonyl (C=O) groups is 2. The molecule has 1 aliphatic heterocycles. The average molecular weight is 375 g/mol. The molecule has 0 aliphatic carbocycles.